The van der Waals surface area contributed by atoms with Crippen molar-refractivity contribution in [2.24, 2.45) is 0 Å². The lowest BCUT2D eigenvalue weighted by atomic mass is 10.2. The third-order valence-electron chi connectivity index (χ3n) is 3.15. The first-order valence-electron chi connectivity index (χ1n) is 6.59. The van der Waals surface area contributed by atoms with Crippen molar-refractivity contribution in [3.63, 3.8) is 0 Å². The van der Waals surface area contributed by atoms with Crippen LogP contribution < -0.4 is 5.32 Å². The van der Waals surface area contributed by atoms with Gasteiger partial charge in [0.15, 0.2) is 0 Å². The fourth-order valence-electron chi connectivity index (χ4n) is 2.12. The van der Waals surface area contributed by atoms with Crippen molar-refractivity contribution in [1.29, 1.82) is 0 Å². The molecule has 20 heavy (non-hydrogen) atoms. The molecule has 0 radical (unpaired) electrons. The first-order chi connectivity index (χ1) is 9.51. The Morgan fingerprint density at radius 1 is 1.40 bits per heavy atom. The molecule has 0 aliphatic heterocycles. The van der Waals surface area contributed by atoms with Crippen LogP contribution in [0.5, 0.6) is 0 Å². The third-order valence-corrected chi connectivity index (χ3v) is 3.15. The number of aryl methyl sites for hydroxylation is 2. The summed E-state index contributed by atoms with van der Waals surface area (Å²) in [5.74, 6) is 0.529. The van der Waals surface area contributed by atoms with E-state index in [9.17, 15) is 4.39 Å². The van der Waals surface area contributed by atoms with Crippen LogP contribution in [-0.4, -0.2) is 23.3 Å². The average Bonchev–Trinajstić information content (AvgIpc) is 2.75. The average molecular weight is 277 g/mol. The number of imidazole rings is 1. The second-order valence-corrected chi connectivity index (χ2v) is 5.01. The first kappa shape index (κ1) is 14.5. The van der Waals surface area contributed by atoms with Gasteiger partial charge in [0, 0.05) is 19.0 Å². The van der Waals surface area contributed by atoms with Crippen molar-refractivity contribution in [3.8, 4) is 0 Å². The number of halogens is 1. The molecule has 1 N–H and O–H groups in total. The van der Waals surface area contributed by atoms with E-state index in [0.29, 0.717) is 12.2 Å². The Morgan fingerprint density at radius 3 is 2.80 bits per heavy atom. The molecule has 0 saturated heterocycles. The molecule has 1 atom stereocenters. The maximum atomic E-state index is 13.3. The van der Waals surface area contributed by atoms with Crippen molar-refractivity contribution in [2.45, 2.75) is 26.8 Å². The smallest absolute Gasteiger partial charge is 0.207 e. The largest absolute Gasteiger partial charge is 0.383 e. The molecule has 4 nitrogen and oxygen atoms in total. The fraction of sp³-hybridized carbons (Fsp3) is 0.400. The molecule has 1 heterocycles. The number of aromatic nitrogens is 2. The minimum atomic E-state index is -0.206. The second kappa shape index (κ2) is 6.05. The van der Waals surface area contributed by atoms with Crippen LogP contribution in [-0.2, 0) is 4.74 Å². The van der Waals surface area contributed by atoms with Gasteiger partial charge < -0.3 is 14.6 Å². The Labute approximate surface area is 118 Å². The SMILES string of the molecule is COCC(C)n1cc(C)nc1Nc1ccc(F)c(C)c1. The second-order valence-electron chi connectivity index (χ2n) is 5.01. The number of rotatable bonds is 5. The van der Waals surface area contributed by atoms with Crippen molar-refractivity contribution in [1.82, 2.24) is 9.55 Å². The van der Waals surface area contributed by atoms with Crippen molar-refractivity contribution >= 4 is 11.6 Å². The van der Waals surface area contributed by atoms with Crippen LogP contribution in [0, 0.1) is 19.7 Å². The topological polar surface area (TPSA) is 39.1 Å². The lowest BCUT2D eigenvalue weighted by Crippen LogP contribution is -2.12. The van der Waals surface area contributed by atoms with Gasteiger partial charge in [0.05, 0.1) is 18.3 Å². The van der Waals surface area contributed by atoms with Gasteiger partial charge in [-0.25, -0.2) is 9.37 Å². The minimum Gasteiger partial charge on any atom is -0.383 e. The molecule has 0 bridgehead atoms. The minimum absolute atomic E-state index is 0.172. The molecule has 108 valence electrons. The Bertz CT molecular complexity index is 595. The highest BCUT2D eigenvalue weighted by Crippen LogP contribution is 2.22. The van der Waals surface area contributed by atoms with Crippen LogP contribution >= 0.6 is 0 Å². The monoisotopic (exact) mass is 277 g/mol. The number of benzene rings is 1. The van der Waals surface area contributed by atoms with Crippen LogP contribution in [0.4, 0.5) is 16.0 Å². The molecule has 0 aliphatic carbocycles. The van der Waals surface area contributed by atoms with E-state index in [0.717, 1.165) is 17.3 Å². The number of hydrogen-bond acceptors (Lipinski definition) is 3. The van der Waals surface area contributed by atoms with Gasteiger partial charge >= 0.3 is 0 Å². The lowest BCUT2D eigenvalue weighted by molar-refractivity contribution is 0.163. The summed E-state index contributed by atoms with van der Waals surface area (Å²) in [7, 11) is 1.68. The lowest BCUT2D eigenvalue weighted by Gasteiger charge is -2.16. The number of nitrogens with zero attached hydrogens (tertiary/aromatic N) is 2. The molecule has 5 heteroatoms. The van der Waals surface area contributed by atoms with Gasteiger partial charge in [0.1, 0.15) is 5.82 Å². The molecule has 0 aliphatic rings. The molecule has 0 spiro atoms. The van der Waals surface area contributed by atoms with Crippen LogP contribution in [0.2, 0.25) is 0 Å². The molecular weight excluding hydrogens is 257 g/mol. The number of methoxy groups -OCH3 is 1. The number of nitrogens with one attached hydrogen (secondary N) is 1. The zero-order valence-corrected chi connectivity index (χ0v) is 12.3. The Kier molecular flexibility index (Phi) is 4.39. The maximum Gasteiger partial charge on any atom is 0.207 e. The van der Waals surface area contributed by atoms with Gasteiger partial charge in [0.25, 0.3) is 0 Å². The summed E-state index contributed by atoms with van der Waals surface area (Å²) in [6, 6.07) is 5.10. The van der Waals surface area contributed by atoms with E-state index >= 15 is 0 Å². The van der Waals surface area contributed by atoms with E-state index < -0.39 is 0 Å². The van der Waals surface area contributed by atoms with Crippen LogP contribution in [0.1, 0.15) is 24.2 Å². The van der Waals surface area contributed by atoms with Crippen LogP contribution in [0.15, 0.2) is 24.4 Å². The quantitative estimate of drug-likeness (QED) is 0.907. The predicted octanol–water partition coefficient (Wildman–Crippen LogP) is 3.59. The predicted molar refractivity (Wildman–Crippen MR) is 78.0 cm³/mol. The fourth-order valence-corrected chi connectivity index (χ4v) is 2.12. The van der Waals surface area contributed by atoms with E-state index in [4.69, 9.17) is 4.74 Å². The van der Waals surface area contributed by atoms with E-state index in [2.05, 4.69) is 17.2 Å². The molecule has 0 saturated carbocycles. The normalized spacial score (nSPS) is 12.4. The molecule has 1 unspecified atom stereocenters. The van der Waals surface area contributed by atoms with Crippen LogP contribution in [0.25, 0.3) is 0 Å². The molecule has 0 amide bonds. The van der Waals surface area contributed by atoms with Crippen molar-refractivity contribution in [2.75, 3.05) is 19.0 Å². The molecule has 2 aromatic rings. The first-order valence-corrected chi connectivity index (χ1v) is 6.59. The van der Waals surface area contributed by atoms with Crippen molar-refractivity contribution < 1.29 is 9.13 Å². The van der Waals surface area contributed by atoms with E-state index in [1.807, 2.05) is 17.7 Å². The number of ether oxygens (including phenoxy) is 1. The van der Waals surface area contributed by atoms with Gasteiger partial charge in [-0.15, -0.1) is 0 Å². The Morgan fingerprint density at radius 2 is 2.15 bits per heavy atom. The van der Waals surface area contributed by atoms with Gasteiger partial charge in [-0.05, 0) is 44.5 Å². The van der Waals surface area contributed by atoms with Gasteiger partial charge in [0.2, 0.25) is 5.95 Å². The summed E-state index contributed by atoms with van der Waals surface area (Å²) in [5, 5.41) is 3.23. The number of anilines is 2. The zero-order chi connectivity index (χ0) is 14.7. The molecule has 2 rings (SSSR count). The highest BCUT2D eigenvalue weighted by Gasteiger charge is 2.12. The van der Waals surface area contributed by atoms with E-state index in [1.54, 1.807) is 26.2 Å². The summed E-state index contributed by atoms with van der Waals surface area (Å²) in [6.45, 7) is 6.35. The van der Waals surface area contributed by atoms with Gasteiger partial charge in [-0.1, -0.05) is 0 Å². The highest BCUT2D eigenvalue weighted by molar-refractivity contribution is 5.55. The molecular formula is C15H20FN3O. The highest BCUT2D eigenvalue weighted by atomic mass is 19.1. The molecule has 0 fully saturated rings. The van der Waals surface area contributed by atoms with E-state index in [-0.39, 0.29) is 11.9 Å². The molecule has 1 aromatic heterocycles. The Hall–Kier alpha value is -1.88. The van der Waals surface area contributed by atoms with Gasteiger partial charge in [-0.2, -0.15) is 0 Å². The molecule has 1 aromatic carbocycles. The Balaban J connectivity index is 2.26. The summed E-state index contributed by atoms with van der Waals surface area (Å²) >= 11 is 0. The zero-order valence-electron chi connectivity index (χ0n) is 12.3. The van der Waals surface area contributed by atoms with E-state index in [1.165, 1.54) is 6.07 Å². The van der Waals surface area contributed by atoms with Crippen molar-refractivity contribution in [3.05, 3.63) is 41.5 Å². The summed E-state index contributed by atoms with van der Waals surface area (Å²) < 4.78 is 20.5. The third kappa shape index (κ3) is 3.17. The van der Waals surface area contributed by atoms with Gasteiger partial charge in [-0.3, -0.25) is 0 Å². The van der Waals surface area contributed by atoms with Crippen LogP contribution in [0.3, 0.4) is 0 Å². The summed E-state index contributed by atoms with van der Waals surface area (Å²) in [4.78, 5) is 4.46. The number of hydrogen-bond donors (Lipinski definition) is 1. The summed E-state index contributed by atoms with van der Waals surface area (Å²) in [5.41, 5.74) is 2.35. The standard InChI is InChI=1S/C15H20FN3O/c1-10-7-13(5-6-14(10)16)18-15-17-11(2)8-19(15)12(3)9-20-4/h5-8,12H,9H2,1-4H3,(H,17,18). The summed E-state index contributed by atoms with van der Waals surface area (Å²) in [6.07, 6.45) is 1.97. The maximum absolute atomic E-state index is 13.3.